The van der Waals surface area contributed by atoms with E-state index in [2.05, 4.69) is 10.3 Å². The minimum Gasteiger partial charge on any atom is -0.456 e. The van der Waals surface area contributed by atoms with Crippen LogP contribution in [0.1, 0.15) is 51.5 Å². The zero-order chi connectivity index (χ0) is 20.1. The number of hydrogen-bond donors (Lipinski definition) is 2. The molecule has 2 N–H and O–H groups in total. The molecule has 1 heterocycles. The fourth-order valence-electron chi connectivity index (χ4n) is 2.75. The summed E-state index contributed by atoms with van der Waals surface area (Å²) in [5, 5.41) is 2.70. The maximum absolute atomic E-state index is 12.4. The number of carbonyl (C=O) groups is 3. The molecule has 0 unspecified atom stereocenters. The van der Waals surface area contributed by atoms with Gasteiger partial charge in [-0.1, -0.05) is 31.5 Å². The average molecular weight is 370 g/mol. The monoisotopic (exact) mass is 370 g/mol. The number of aromatic amines is 1. The third kappa shape index (κ3) is 5.29. The van der Waals surface area contributed by atoms with Crippen LogP contribution < -0.4 is 5.32 Å². The van der Waals surface area contributed by atoms with Gasteiger partial charge in [-0.25, -0.2) is 4.79 Å². The Balaban J connectivity index is 2.00. The number of ether oxygens (including phenoxy) is 1. The van der Waals surface area contributed by atoms with Crippen molar-refractivity contribution in [2.24, 2.45) is 5.92 Å². The maximum atomic E-state index is 12.4. The molecule has 1 aromatic carbocycles. The standard InChI is InChI=1S/C21H26N2O4/c1-12(2)19(23-20(25)16-8-6-13(3)7-9-16)21(26)27-11-18(24)17-10-14(4)22-15(17)5/h6-10,12,19,22H,11H2,1-5H3,(H,23,25)/t19-/m0/s1. The molecule has 0 saturated heterocycles. The molecule has 0 radical (unpaired) electrons. The van der Waals surface area contributed by atoms with Crippen LogP contribution in [-0.4, -0.2) is 35.3 Å². The molecule has 0 aliphatic heterocycles. The first-order chi connectivity index (χ1) is 12.7. The largest absolute Gasteiger partial charge is 0.456 e. The lowest BCUT2D eigenvalue weighted by Gasteiger charge is -2.20. The molecule has 144 valence electrons. The van der Waals surface area contributed by atoms with Crippen LogP contribution in [0, 0.1) is 26.7 Å². The second-order valence-corrected chi connectivity index (χ2v) is 7.08. The van der Waals surface area contributed by atoms with Gasteiger partial charge in [0, 0.05) is 22.5 Å². The van der Waals surface area contributed by atoms with Crippen LogP contribution in [0.25, 0.3) is 0 Å². The van der Waals surface area contributed by atoms with Gasteiger partial charge in [0.15, 0.2) is 6.61 Å². The summed E-state index contributed by atoms with van der Waals surface area (Å²) >= 11 is 0. The number of amides is 1. The summed E-state index contributed by atoms with van der Waals surface area (Å²) in [6, 6.07) is 7.96. The van der Waals surface area contributed by atoms with E-state index < -0.39 is 12.0 Å². The number of H-pyrrole nitrogens is 1. The van der Waals surface area contributed by atoms with Crippen molar-refractivity contribution in [2.75, 3.05) is 6.61 Å². The first kappa shape index (κ1) is 20.4. The third-order valence-corrected chi connectivity index (χ3v) is 4.32. The van der Waals surface area contributed by atoms with Crippen LogP contribution in [0.15, 0.2) is 30.3 Å². The van der Waals surface area contributed by atoms with Crippen molar-refractivity contribution in [2.45, 2.75) is 40.7 Å². The summed E-state index contributed by atoms with van der Waals surface area (Å²) < 4.78 is 5.18. The second-order valence-electron chi connectivity index (χ2n) is 7.08. The van der Waals surface area contributed by atoms with Crippen molar-refractivity contribution >= 4 is 17.7 Å². The van der Waals surface area contributed by atoms with Gasteiger partial charge >= 0.3 is 5.97 Å². The Bertz CT molecular complexity index is 834. The number of aryl methyl sites for hydroxylation is 3. The highest BCUT2D eigenvalue weighted by Gasteiger charge is 2.27. The number of benzene rings is 1. The Labute approximate surface area is 159 Å². The third-order valence-electron chi connectivity index (χ3n) is 4.32. The lowest BCUT2D eigenvalue weighted by molar-refractivity contribution is -0.145. The van der Waals surface area contributed by atoms with Crippen LogP contribution in [-0.2, 0) is 9.53 Å². The SMILES string of the molecule is Cc1ccc(C(=O)N[C@H](C(=O)OCC(=O)c2cc(C)[nH]c2C)C(C)C)cc1. The van der Waals surface area contributed by atoms with Gasteiger partial charge in [-0.2, -0.15) is 0 Å². The lowest BCUT2D eigenvalue weighted by atomic mass is 10.0. The highest BCUT2D eigenvalue weighted by atomic mass is 16.5. The number of rotatable bonds is 7. The quantitative estimate of drug-likeness (QED) is 0.579. The number of Topliss-reactive ketones (excluding diaryl/α,β-unsaturated/α-hetero) is 1. The zero-order valence-corrected chi connectivity index (χ0v) is 16.4. The molecule has 0 saturated carbocycles. The number of aromatic nitrogens is 1. The van der Waals surface area contributed by atoms with Gasteiger partial charge in [0.2, 0.25) is 5.78 Å². The molecule has 1 amide bonds. The molecule has 2 aromatic rings. The van der Waals surface area contributed by atoms with Crippen molar-refractivity contribution in [1.29, 1.82) is 0 Å². The van der Waals surface area contributed by atoms with E-state index in [1.165, 1.54) is 0 Å². The number of carbonyl (C=O) groups excluding carboxylic acids is 3. The van der Waals surface area contributed by atoms with Crippen molar-refractivity contribution in [3.63, 3.8) is 0 Å². The van der Waals surface area contributed by atoms with Crippen molar-refractivity contribution in [1.82, 2.24) is 10.3 Å². The summed E-state index contributed by atoms with van der Waals surface area (Å²) in [5.74, 6) is -1.44. The van der Waals surface area contributed by atoms with E-state index in [1.54, 1.807) is 25.1 Å². The normalized spacial score (nSPS) is 11.9. The Hall–Kier alpha value is -2.89. The Morgan fingerprint density at radius 3 is 2.22 bits per heavy atom. The van der Waals surface area contributed by atoms with Crippen LogP contribution in [0.2, 0.25) is 0 Å². The number of nitrogens with one attached hydrogen (secondary N) is 2. The van der Waals surface area contributed by atoms with Gasteiger partial charge in [0.1, 0.15) is 6.04 Å². The van der Waals surface area contributed by atoms with Gasteiger partial charge in [0.05, 0.1) is 0 Å². The van der Waals surface area contributed by atoms with Crippen LogP contribution in [0.3, 0.4) is 0 Å². The van der Waals surface area contributed by atoms with Crippen LogP contribution in [0.5, 0.6) is 0 Å². The summed E-state index contributed by atoms with van der Waals surface area (Å²) in [5.41, 5.74) is 3.62. The highest BCUT2D eigenvalue weighted by molar-refractivity contribution is 6.00. The average Bonchev–Trinajstić information content (AvgIpc) is 2.95. The predicted octanol–water partition coefficient (Wildman–Crippen LogP) is 3.12. The molecule has 0 fully saturated rings. The molecule has 27 heavy (non-hydrogen) atoms. The van der Waals surface area contributed by atoms with Gasteiger partial charge < -0.3 is 15.0 Å². The van der Waals surface area contributed by atoms with Crippen LogP contribution >= 0.6 is 0 Å². The first-order valence-corrected chi connectivity index (χ1v) is 8.92. The lowest BCUT2D eigenvalue weighted by Crippen LogP contribution is -2.45. The number of esters is 1. The van der Waals surface area contributed by atoms with Crippen molar-refractivity contribution in [3.8, 4) is 0 Å². The molecule has 1 aromatic heterocycles. The molecule has 0 spiro atoms. The first-order valence-electron chi connectivity index (χ1n) is 8.92. The van der Waals surface area contributed by atoms with Gasteiger partial charge in [-0.15, -0.1) is 0 Å². The summed E-state index contributed by atoms with van der Waals surface area (Å²) in [4.78, 5) is 40.1. The van der Waals surface area contributed by atoms with E-state index in [9.17, 15) is 14.4 Å². The molecule has 0 aliphatic rings. The van der Waals surface area contributed by atoms with Gasteiger partial charge in [-0.05, 0) is 44.9 Å². The van der Waals surface area contributed by atoms with Gasteiger partial charge in [-0.3, -0.25) is 9.59 Å². The summed E-state index contributed by atoms with van der Waals surface area (Å²) in [6.45, 7) is 8.83. The molecule has 0 aliphatic carbocycles. The summed E-state index contributed by atoms with van der Waals surface area (Å²) in [7, 11) is 0. The van der Waals surface area contributed by atoms with E-state index in [1.807, 2.05) is 39.8 Å². The topological polar surface area (TPSA) is 88.3 Å². The molecular formula is C21H26N2O4. The molecule has 2 rings (SSSR count). The van der Waals surface area contributed by atoms with E-state index in [4.69, 9.17) is 4.74 Å². The number of ketones is 1. The molecule has 1 atom stereocenters. The number of hydrogen-bond acceptors (Lipinski definition) is 4. The second kappa shape index (κ2) is 8.66. The van der Waals surface area contributed by atoms with Crippen molar-refractivity contribution in [3.05, 3.63) is 58.4 Å². The highest BCUT2D eigenvalue weighted by Crippen LogP contribution is 2.12. The fourth-order valence-corrected chi connectivity index (χ4v) is 2.75. The Morgan fingerprint density at radius 1 is 1.07 bits per heavy atom. The van der Waals surface area contributed by atoms with Crippen LogP contribution in [0.4, 0.5) is 0 Å². The molecule has 6 nitrogen and oxygen atoms in total. The molecule has 6 heteroatoms. The van der Waals surface area contributed by atoms with E-state index in [0.717, 1.165) is 17.0 Å². The molecular weight excluding hydrogens is 344 g/mol. The zero-order valence-electron chi connectivity index (χ0n) is 16.4. The Kier molecular flexibility index (Phi) is 6.55. The fraction of sp³-hybridized carbons (Fsp3) is 0.381. The van der Waals surface area contributed by atoms with Gasteiger partial charge in [0.25, 0.3) is 5.91 Å². The predicted molar refractivity (Wildman–Crippen MR) is 103 cm³/mol. The minimum absolute atomic E-state index is 0.182. The Morgan fingerprint density at radius 2 is 1.70 bits per heavy atom. The van der Waals surface area contributed by atoms with E-state index in [-0.39, 0.29) is 24.2 Å². The van der Waals surface area contributed by atoms with E-state index >= 15 is 0 Å². The maximum Gasteiger partial charge on any atom is 0.329 e. The smallest absolute Gasteiger partial charge is 0.329 e. The van der Waals surface area contributed by atoms with E-state index in [0.29, 0.717) is 11.1 Å². The summed E-state index contributed by atoms with van der Waals surface area (Å²) in [6.07, 6.45) is 0. The molecule has 0 bridgehead atoms. The minimum atomic E-state index is -0.833. The van der Waals surface area contributed by atoms with Crippen molar-refractivity contribution < 1.29 is 19.1 Å².